The number of rotatable bonds is 3. The molecule has 3 rings (SSSR count). The van der Waals surface area contributed by atoms with Gasteiger partial charge >= 0.3 is 12.1 Å². The van der Waals surface area contributed by atoms with Gasteiger partial charge < -0.3 is 9.84 Å². The monoisotopic (exact) mass is 297 g/mol. The summed E-state index contributed by atoms with van der Waals surface area (Å²) in [5.41, 5.74) is 2.35. The predicted molar refractivity (Wildman–Crippen MR) is 79.0 cm³/mol. The van der Waals surface area contributed by atoms with E-state index in [0.29, 0.717) is 5.56 Å². The van der Waals surface area contributed by atoms with E-state index in [4.69, 9.17) is 4.74 Å². The first-order valence-electron chi connectivity index (χ1n) is 6.95. The number of hydrogen-bond donors (Lipinski definition) is 1. The number of amides is 1. The van der Waals surface area contributed by atoms with Gasteiger partial charge in [0.15, 0.2) is 6.04 Å². The van der Waals surface area contributed by atoms with Gasteiger partial charge in [-0.25, -0.2) is 9.59 Å². The van der Waals surface area contributed by atoms with Crippen molar-refractivity contribution in [2.45, 2.75) is 19.2 Å². The molecule has 1 aliphatic heterocycles. The first kappa shape index (κ1) is 14.1. The molecule has 22 heavy (non-hydrogen) atoms. The van der Waals surface area contributed by atoms with Gasteiger partial charge in [-0.2, -0.15) is 0 Å². The lowest BCUT2D eigenvalue weighted by Gasteiger charge is -2.21. The molecule has 1 unspecified atom stereocenters. The second-order valence-corrected chi connectivity index (χ2v) is 5.11. The van der Waals surface area contributed by atoms with E-state index in [2.05, 4.69) is 0 Å². The summed E-state index contributed by atoms with van der Waals surface area (Å²) in [4.78, 5) is 25.0. The van der Waals surface area contributed by atoms with Crippen LogP contribution in [0.3, 0.4) is 0 Å². The van der Waals surface area contributed by atoms with Gasteiger partial charge in [0.25, 0.3) is 0 Å². The Kier molecular flexibility index (Phi) is 3.78. The Hall–Kier alpha value is -2.82. The van der Waals surface area contributed by atoms with Crippen molar-refractivity contribution < 1.29 is 19.4 Å². The summed E-state index contributed by atoms with van der Waals surface area (Å²) in [5, 5.41) is 9.42. The van der Waals surface area contributed by atoms with E-state index >= 15 is 0 Å². The van der Waals surface area contributed by atoms with Crippen LogP contribution >= 0.6 is 0 Å². The molecule has 1 atom stereocenters. The Morgan fingerprint density at radius 3 is 2.50 bits per heavy atom. The number of ether oxygens (including phenoxy) is 1. The standard InChI is InChI=1S/C17H15NO4/c19-16(20)15-14-9-5-4-8-13(14)10-18(15)17(21)22-11-12-6-2-1-3-7-12/h1-9,15H,10-11H2,(H,19,20). The molecular weight excluding hydrogens is 282 g/mol. The Morgan fingerprint density at radius 2 is 1.77 bits per heavy atom. The van der Waals surface area contributed by atoms with Crippen LogP contribution in [-0.2, 0) is 22.7 Å². The topological polar surface area (TPSA) is 66.8 Å². The number of carbonyl (C=O) groups excluding carboxylic acids is 1. The summed E-state index contributed by atoms with van der Waals surface area (Å²) >= 11 is 0. The summed E-state index contributed by atoms with van der Waals surface area (Å²) in [5.74, 6) is -1.05. The highest BCUT2D eigenvalue weighted by Gasteiger charge is 2.39. The van der Waals surface area contributed by atoms with E-state index in [0.717, 1.165) is 11.1 Å². The molecule has 5 heteroatoms. The first-order chi connectivity index (χ1) is 10.7. The van der Waals surface area contributed by atoms with Gasteiger partial charge in [0, 0.05) is 0 Å². The van der Waals surface area contributed by atoms with Crippen molar-refractivity contribution in [2.75, 3.05) is 0 Å². The van der Waals surface area contributed by atoms with Gasteiger partial charge in [0.1, 0.15) is 6.61 Å². The maximum absolute atomic E-state index is 12.2. The van der Waals surface area contributed by atoms with Crippen molar-refractivity contribution in [2.24, 2.45) is 0 Å². The molecule has 2 aromatic rings. The molecule has 0 bridgehead atoms. The van der Waals surface area contributed by atoms with E-state index in [1.165, 1.54) is 4.90 Å². The summed E-state index contributed by atoms with van der Waals surface area (Å²) < 4.78 is 5.25. The second kappa shape index (κ2) is 5.89. The highest BCUT2D eigenvalue weighted by molar-refractivity contribution is 5.83. The molecule has 2 aromatic carbocycles. The van der Waals surface area contributed by atoms with Gasteiger partial charge in [-0.15, -0.1) is 0 Å². The fourth-order valence-corrected chi connectivity index (χ4v) is 2.63. The number of benzene rings is 2. The Morgan fingerprint density at radius 1 is 1.09 bits per heavy atom. The molecule has 1 heterocycles. The summed E-state index contributed by atoms with van der Waals surface area (Å²) in [6.07, 6.45) is -0.618. The lowest BCUT2D eigenvalue weighted by atomic mass is 10.1. The molecule has 1 N–H and O–H groups in total. The number of carboxylic acids is 1. The number of aliphatic carboxylic acids is 1. The van der Waals surface area contributed by atoms with Crippen LogP contribution in [-0.4, -0.2) is 22.1 Å². The van der Waals surface area contributed by atoms with Crippen LogP contribution in [0.1, 0.15) is 22.7 Å². The number of carboxylic acid groups (broad SMARTS) is 1. The molecule has 0 saturated carbocycles. The molecule has 0 fully saturated rings. The average molecular weight is 297 g/mol. The minimum atomic E-state index is -1.05. The van der Waals surface area contributed by atoms with Crippen molar-refractivity contribution in [3.8, 4) is 0 Å². The molecule has 112 valence electrons. The molecule has 5 nitrogen and oxygen atoms in total. The number of nitrogens with zero attached hydrogens (tertiary/aromatic N) is 1. The van der Waals surface area contributed by atoms with E-state index < -0.39 is 18.1 Å². The zero-order valence-corrected chi connectivity index (χ0v) is 11.8. The molecule has 0 aliphatic carbocycles. The number of hydrogen-bond acceptors (Lipinski definition) is 3. The number of fused-ring (bicyclic) bond motifs is 1. The van der Waals surface area contributed by atoms with Gasteiger partial charge in [-0.05, 0) is 16.7 Å². The zero-order valence-electron chi connectivity index (χ0n) is 11.8. The molecular formula is C17H15NO4. The molecule has 0 aromatic heterocycles. The zero-order chi connectivity index (χ0) is 15.5. The minimum Gasteiger partial charge on any atom is -0.479 e. The molecule has 0 saturated heterocycles. The molecule has 1 aliphatic rings. The van der Waals surface area contributed by atoms with Crippen LogP contribution < -0.4 is 0 Å². The Balaban J connectivity index is 1.74. The molecule has 0 spiro atoms. The first-order valence-corrected chi connectivity index (χ1v) is 6.95. The average Bonchev–Trinajstić information content (AvgIpc) is 2.93. The van der Waals surface area contributed by atoms with Crippen LogP contribution in [0.4, 0.5) is 4.79 Å². The highest BCUT2D eigenvalue weighted by Crippen LogP contribution is 2.34. The van der Waals surface area contributed by atoms with Crippen LogP contribution in [0.5, 0.6) is 0 Å². The van der Waals surface area contributed by atoms with Crippen LogP contribution in [0.2, 0.25) is 0 Å². The SMILES string of the molecule is O=C(O)C1c2ccccc2CN1C(=O)OCc1ccccc1. The van der Waals surface area contributed by atoms with Crippen molar-refractivity contribution in [3.63, 3.8) is 0 Å². The number of carbonyl (C=O) groups is 2. The van der Waals surface area contributed by atoms with E-state index in [-0.39, 0.29) is 13.2 Å². The quantitative estimate of drug-likeness (QED) is 0.945. The largest absolute Gasteiger partial charge is 0.479 e. The van der Waals surface area contributed by atoms with Crippen molar-refractivity contribution >= 4 is 12.1 Å². The van der Waals surface area contributed by atoms with E-state index in [1.54, 1.807) is 12.1 Å². The van der Waals surface area contributed by atoms with Crippen molar-refractivity contribution in [1.82, 2.24) is 4.90 Å². The minimum absolute atomic E-state index is 0.124. The van der Waals surface area contributed by atoms with E-state index in [9.17, 15) is 14.7 Å². The maximum Gasteiger partial charge on any atom is 0.411 e. The Bertz CT molecular complexity index is 699. The molecule has 1 amide bonds. The van der Waals surface area contributed by atoms with Crippen LogP contribution in [0, 0.1) is 0 Å². The fraction of sp³-hybridized carbons (Fsp3) is 0.176. The summed E-state index contributed by atoms with van der Waals surface area (Å²) in [7, 11) is 0. The van der Waals surface area contributed by atoms with Gasteiger partial charge in [-0.1, -0.05) is 54.6 Å². The van der Waals surface area contributed by atoms with Gasteiger partial charge in [0.2, 0.25) is 0 Å². The third kappa shape index (κ3) is 2.65. The summed E-state index contributed by atoms with van der Waals surface area (Å²) in [6, 6.07) is 15.5. The predicted octanol–water partition coefficient (Wildman–Crippen LogP) is 2.96. The third-order valence-electron chi connectivity index (χ3n) is 3.68. The Labute approximate surface area is 127 Å². The lowest BCUT2D eigenvalue weighted by Crippen LogP contribution is -2.34. The highest BCUT2D eigenvalue weighted by atomic mass is 16.6. The maximum atomic E-state index is 12.2. The molecule has 0 radical (unpaired) electrons. The van der Waals surface area contributed by atoms with Gasteiger partial charge in [-0.3, -0.25) is 4.90 Å². The second-order valence-electron chi connectivity index (χ2n) is 5.11. The normalized spacial score (nSPS) is 16.2. The van der Waals surface area contributed by atoms with Gasteiger partial charge in [0.05, 0.1) is 6.54 Å². The van der Waals surface area contributed by atoms with E-state index in [1.807, 2.05) is 42.5 Å². The van der Waals surface area contributed by atoms with Crippen molar-refractivity contribution in [1.29, 1.82) is 0 Å². The third-order valence-corrected chi connectivity index (χ3v) is 3.68. The fourth-order valence-electron chi connectivity index (χ4n) is 2.63. The lowest BCUT2D eigenvalue weighted by molar-refractivity contribution is -0.142. The van der Waals surface area contributed by atoms with Crippen molar-refractivity contribution in [3.05, 3.63) is 71.3 Å². The smallest absolute Gasteiger partial charge is 0.411 e. The van der Waals surface area contributed by atoms with Crippen LogP contribution in [0.25, 0.3) is 0 Å². The summed E-state index contributed by atoms with van der Waals surface area (Å²) in [6.45, 7) is 0.375. The van der Waals surface area contributed by atoms with Crippen LogP contribution in [0.15, 0.2) is 54.6 Å².